The van der Waals surface area contributed by atoms with E-state index in [1.165, 1.54) is 12.3 Å². The summed E-state index contributed by atoms with van der Waals surface area (Å²) in [6.45, 7) is 0. The van der Waals surface area contributed by atoms with Crippen molar-refractivity contribution in [3.63, 3.8) is 0 Å². The molecule has 0 amide bonds. The van der Waals surface area contributed by atoms with Crippen LogP contribution in [0.2, 0.25) is 5.02 Å². The van der Waals surface area contributed by atoms with Crippen LogP contribution in [0.5, 0.6) is 5.75 Å². The van der Waals surface area contributed by atoms with E-state index in [1.807, 2.05) is 0 Å². The van der Waals surface area contributed by atoms with Crippen LogP contribution >= 0.6 is 11.6 Å². The molecule has 0 radical (unpaired) electrons. The third-order valence-corrected chi connectivity index (χ3v) is 2.88. The van der Waals surface area contributed by atoms with Crippen molar-refractivity contribution in [3.8, 4) is 28.7 Å². The van der Waals surface area contributed by atoms with E-state index < -0.39 is 0 Å². The van der Waals surface area contributed by atoms with E-state index in [0.717, 1.165) is 0 Å². The standard InChI is InChI=1S/C13H9ClN4O2/c14-8-2-4-10(16-6-8)12-17-13(20-18-12)7-1-3-9(15)11(19)5-7/h1-6,19H,15H2. The van der Waals surface area contributed by atoms with Crippen LogP contribution < -0.4 is 5.73 Å². The Morgan fingerprint density at radius 2 is 2.05 bits per heavy atom. The fourth-order valence-electron chi connectivity index (χ4n) is 1.63. The number of rotatable bonds is 2. The molecule has 6 nitrogen and oxygen atoms in total. The van der Waals surface area contributed by atoms with Crippen molar-refractivity contribution in [2.45, 2.75) is 0 Å². The van der Waals surface area contributed by atoms with E-state index in [9.17, 15) is 5.11 Å². The van der Waals surface area contributed by atoms with Gasteiger partial charge in [0, 0.05) is 11.8 Å². The number of anilines is 1. The van der Waals surface area contributed by atoms with Crippen molar-refractivity contribution in [2.75, 3.05) is 5.73 Å². The summed E-state index contributed by atoms with van der Waals surface area (Å²) in [5.41, 5.74) is 6.94. The molecule has 0 aliphatic rings. The smallest absolute Gasteiger partial charge is 0.258 e. The summed E-state index contributed by atoms with van der Waals surface area (Å²) in [7, 11) is 0. The first-order chi connectivity index (χ1) is 9.63. The molecule has 0 saturated heterocycles. The zero-order valence-corrected chi connectivity index (χ0v) is 10.9. The van der Waals surface area contributed by atoms with E-state index in [2.05, 4.69) is 15.1 Å². The summed E-state index contributed by atoms with van der Waals surface area (Å²) >= 11 is 5.77. The van der Waals surface area contributed by atoms with Crippen molar-refractivity contribution in [3.05, 3.63) is 41.6 Å². The quantitative estimate of drug-likeness (QED) is 0.556. The number of phenolic OH excluding ortho intramolecular Hbond substituents is 1. The lowest BCUT2D eigenvalue weighted by molar-refractivity contribution is 0.431. The lowest BCUT2D eigenvalue weighted by atomic mass is 10.2. The first kappa shape index (κ1) is 12.4. The summed E-state index contributed by atoms with van der Waals surface area (Å²) < 4.78 is 5.14. The summed E-state index contributed by atoms with van der Waals surface area (Å²) in [5, 5.41) is 13.9. The first-order valence-corrected chi connectivity index (χ1v) is 6.06. The van der Waals surface area contributed by atoms with Gasteiger partial charge >= 0.3 is 0 Å². The van der Waals surface area contributed by atoms with Crippen LogP contribution in [-0.2, 0) is 0 Å². The van der Waals surface area contributed by atoms with Crippen molar-refractivity contribution in [1.29, 1.82) is 0 Å². The molecule has 0 aliphatic carbocycles. The third-order valence-electron chi connectivity index (χ3n) is 2.66. The molecule has 1 aromatic carbocycles. The molecular weight excluding hydrogens is 280 g/mol. The second-order valence-electron chi connectivity index (χ2n) is 4.06. The minimum atomic E-state index is -0.0353. The first-order valence-electron chi connectivity index (χ1n) is 5.68. The van der Waals surface area contributed by atoms with Gasteiger partial charge in [-0.2, -0.15) is 4.98 Å². The average Bonchev–Trinajstić information content (AvgIpc) is 2.92. The maximum absolute atomic E-state index is 9.57. The molecule has 0 aliphatic heterocycles. The molecule has 2 aromatic heterocycles. The van der Waals surface area contributed by atoms with Crippen molar-refractivity contribution >= 4 is 17.3 Å². The number of hydrogen-bond donors (Lipinski definition) is 2. The molecule has 0 unspecified atom stereocenters. The van der Waals surface area contributed by atoms with E-state index >= 15 is 0 Å². The zero-order valence-electron chi connectivity index (χ0n) is 10.1. The number of nitrogens with two attached hydrogens (primary N) is 1. The molecule has 20 heavy (non-hydrogen) atoms. The molecule has 0 atom stereocenters. The molecule has 7 heteroatoms. The van der Waals surface area contributed by atoms with E-state index in [4.69, 9.17) is 21.9 Å². The Hall–Kier alpha value is -2.60. The number of phenols is 1. The van der Waals surface area contributed by atoms with Gasteiger partial charge in [-0.1, -0.05) is 16.8 Å². The Labute approximate surface area is 118 Å². The highest BCUT2D eigenvalue weighted by atomic mass is 35.5. The lowest BCUT2D eigenvalue weighted by Gasteiger charge is -1.99. The van der Waals surface area contributed by atoms with E-state index in [1.54, 1.807) is 24.3 Å². The normalized spacial score (nSPS) is 10.7. The van der Waals surface area contributed by atoms with Crippen LogP contribution in [0.1, 0.15) is 0 Å². The van der Waals surface area contributed by atoms with Crippen LogP contribution in [0.15, 0.2) is 41.1 Å². The van der Waals surface area contributed by atoms with Gasteiger partial charge in [0.15, 0.2) is 0 Å². The summed E-state index contributed by atoms with van der Waals surface area (Å²) in [4.78, 5) is 8.32. The van der Waals surface area contributed by atoms with E-state index in [0.29, 0.717) is 22.1 Å². The molecular formula is C13H9ClN4O2. The maximum Gasteiger partial charge on any atom is 0.258 e. The van der Waals surface area contributed by atoms with Crippen LogP contribution in [-0.4, -0.2) is 20.2 Å². The highest BCUT2D eigenvalue weighted by molar-refractivity contribution is 6.30. The predicted octanol–water partition coefficient (Wildman–Crippen LogP) is 2.74. The second kappa shape index (κ2) is 4.82. The molecule has 2 heterocycles. The maximum atomic E-state index is 9.57. The summed E-state index contributed by atoms with van der Waals surface area (Å²) in [6.07, 6.45) is 1.50. The van der Waals surface area contributed by atoms with Gasteiger partial charge in [0.05, 0.1) is 10.7 Å². The minimum absolute atomic E-state index is 0.0353. The van der Waals surface area contributed by atoms with Crippen molar-refractivity contribution < 1.29 is 9.63 Å². The van der Waals surface area contributed by atoms with Gasteiger partial charge in [-0.15, -0.1) is 0 Å². The fourth-order valence-corrected chi connectivity index (χ4v) is 1.74. The SMILES string of the molecule is Nc1ccc(-c2nc(-c3ccc(Cl)cn3)no2)cc1O. The third kappa shape index (κ3) is 2.28. The summed E-state index contributed by atoms with van der Waals surface area (Å²) in [6, 6.07) is 8.09. The minimum Gasteiger partial charge on any atom is -0.506 e. The molecule has 0 fully saturated rings. The molecule has 3 aromatic rings. The number of aromatic nitrogens is 3. The van der Waals surface area contributed by atoms with Gasteiger partial charge in [0.25, 0.3) is 5.89 Å². The highest BCUT2D eigenvalue weighted by Gasteiger charge is 2.12. The number of pyridine rings is 1. The number of halogens is 1. The zero-order chi connectivity index (χ0) is 14.1. The number of benzene rings is 1. The van der Waals surface area contributed by atoms with Crippen molar-refractivity contribution in [2.24, 2.45) is 0 Å². The Kier molecular flexibility index (Phi) is 3.00. The van der Waals surface area contributed by atoms with E-state index in [-0.39, 0.29) is 17.3 Å². The molecule has 3 N–H and O–H groups in total. The Balaban J connectivity index is 1.97. The number of nitrogens with zero attached hydrogens (tertiary/aromatic N) is 3. The lowest BCUT2D eigenvalue weighted by Crippen LogP contribution is -1.87. The Morgan fingerprint density at radius 1 is 1.20 bits per heavy atom. The highest BCUT2D eigenvalue weighted by Crippen LogP contribution is 2.28. The predicted molar refractivity (Wildman–Crippen MR) is 74.1 cm³/mol. The van der Waals surface area contributed by atoms with Crippen LogP contribution in [0.4, 0.5) is 5.69 Å². The number of hydrogen-bond acceptors (Lipinski definition) is 6. The molecule has 100 valence electrons. The van der Waals surface area contributed by atoms with Gasteiger partial charge in [0.1, 0.15) is 11.4 Å². The molecule has 0 spiro atoms. The van der Waals surface area contributed by atoms with Gasteiger partial charge in [-0.3, -0.25) is 4.98 Å². The van der Waals surface area contributed by atoms with Crippen LogP contribution in [0, 0.1) is 0 Å². The molecule has 0 bridgehead atoms. The average molecular weight is 289 g/mol. The van der Waals surface area contributed by atoms with Gasteiger partial charge in [-0.05, 0) is 30.3 Å². The summed E-state index contributed by atoms with van der Waals surface area (Å²) in [5.74, 6) is 0.576. The van der Waals surface area contributed by atoms with Crippen LogP contribution in [0.25, 0.3) is 23.0 Å². The molecule has 0 saturated carbocycles. The fraction of sp³-hybridized carbons (Fsp3) is 0. The van der Waals surface area contributed by atoms with Gasteiger partial charge < -0.3 is 15.4 Å². The second-order valence-corrected chi connectivity index (χ2v) is 4.49. The number of aromatic hydroxyl groups is 1. The Bertz CT molecular complexity index is 755. The van der Waals surface area contributed by atoms with Gasteiger partial charge in [-0.25, -0.2) is 0 Å². The number of nitrogen functional groups attached to an aromatic ring is 1. The Morgan fingerprint density at radius 3 is 2.75 bits per heavy atom. The topological polar surface area (TPSA) is 98.1 Å². The molecule has 3 rings (SSSR count). The van der Waals surface area contributed by atoms with Crippen LogP contribution in [0.3, 0.4) is 0 Å². The monoisotopic (exact) mass is 288 g/mol. The van der Waals surface area contributed by atoms with Crippen molar-refractivity contribution in [1.82, 2.24) is 15.1 Å². The largest absolute Gasteiger partial charge is 0.506 e. The van der Waals surface area contributed by atoms with Gasteiger partial charge in [0.2, 0.25) is 5.82 Å².